The highest BCUT2D eigenvalue weighted by molar-refractivity contribution is 5.87. The largest absolute Gasteiger partial charge is 0.462 e. The Morgan fingerprint density at radius 1 is 0.946 bits per heavy atom. The van der Waals surface area contributed by atoms with Crippen molar-refractivity contribution in [3.8, 4) is 5.75 Å². The van der Waals surface area contributed by atoms with Gasteiger partial charge in [-0.2, -0.15) is 0 Å². The smallest absolute Gasteiger partial charge is 0.330 e. The van der Waals surface area contributed by atoms with E-state index < -0.39 is 5.97 Å². The number of ether oxygens (including phenoxy) is 3. The first-order valence-corrected chi connectivity index (χ1v) is 13.0. The Morgan fingerprint density at radius 2 is 1.65 bits per heavy atom. The minimum atomic E-state index is -0.441. The third kappa shape index (κ3) is 10.1. The van der Waals surface area contributed by atoms with Crippen molar-refractivity contribution in [2.24, 2.45) is 5.92 Å². The Balaban J connectivity index is 1.35. The van der Waals surface area contributed by atoms with Gasteiger partial charge in [0.05, 0.1) is 18.6 Å². The zero-order valence-electron chi connectivity index (χ0n) is 21.4. The number of nitrogens with two attached hydrogens (primary N) is 2. The van der Waals surface area contributed by atoms with Gasteiger partial charge < -0.3 is 25.7 Å². The number of allylic oxidation sites excluding steroid dienone is 1. The molecule has 0 amide bonds. The van der Waals surface area contributed by atoms with Gasteiger partial charge in [0.15, 0.2) is 0 Å². The van der Waals surface area contributed by atoms with Crippen molar-refractivity contribution in [1.82, 2.24) is 0 Å². The van der Waals surface area contributed by atoms with E-state index in [4.69, 9.17) is 25.7 Å². The van der Waals surface area contributed by atoms with E-state index in [9.17, 15) is 9.59 Å². The Kier molecular flexibility index (Phi) is 11.2. The molecule has 0 atom stereocenters. The van der Waals surface area contributed by atoms with Gasteiger partial charge in [0.1, 0.15) is 5.75 Å². The highest BCUT2D eigenvalue weighted by Gasteiger charge is 2.28. The average Bonchev–Trinajstić information content (AvgIpc) is 2.88. The molecule has 0 heterocycles. The second kappa shape index (κ2) is 14.9. The number of nitrogen functional groups attached to an aromatic ring is 2. The standard InChI is InChI=1S/C30H38N2O5/c1-2-3-4-5-17-35-27-13-9-24(10-14-27)30(34)37-28-11-6-22(7-12-28)8-15-29(33)36-18-16-23-19-25(31)21-26(32)20-23/h2,6-8,11-12,15,19-21,24,27H,1,3-5,9-10,13-14,16-18,31-32H2/b15-8+. The monoisotopic (exact) mass is 506 g/mol. The van der Waals surface area contributed by atoms with Crippen molar-refractivity contribution < 1.29 is 23.8 Å². The molecule has 2 aromatic rings. The van der Waals surface area contributed by atoms with Crippen LogP contribution in [0.4, 0.5) is 11.4 Å². The van der Waals surface area contributed by atoms with E-state index >= 15 is 0 Å². The van der Waals surface area contributed by atoms with Gasteiger partial charge in [-0.3, -0.25) is 4.79 Å². The van der Waals surface area contributed by atoms with Crippen LogP contribution in [0.25, 0.3) is 6.08 Å². The molecular formula is C30H38N2O5. The summed E-state index contributed by atoms with van der Waals surface area (Å²) in [6, 6.07) is 12.3. The highest BCUT2D eigenvalue weighted by atomic mass is 16.5. The maximum atomic E-state index is 12.6. The summed E-state index contributed by atoms with van der Waals surface area (Å²) in [5.41, 5.74) is 14.4. The normalized spacial score (nSPS) is 17.4. The van der Waals surface area contributed by atoms with Crippen LogP contribution in [0.3, 0.4) is 0 Å². The first-order valence-electron chi connectivity index (χ1n) is 13.0. The molecule has 0 bridgehead atoms. The van der Waals surface area contributed by atoms with Gasteiger partial charge in [0.2, 0.25) is 0 Å². The number of hydrogen-bond acceptors (Lipinski definition) is 7. The van der Waals surface area contributed by atoms with Crippen LogP contribution < -0.4 is 16.2 Å². The Labute approximate surface area is 219 Å². The van der Waals surface area contributed by atoms with Crippen LogP contribution in [0.2, 0.25) is 0 Å². The second-order valence-corrected chi connectivity index (χ2v) is 9.38. The van der Waals surface area contributed by atoms with Crippen LogP contribution in [0.1, 0.15) is 56.1 Å². The molecule has 1 saturated carbocycles. The fourth-order valence-corrected chi connectivity index (χ4v) is 4.32. The predicted molar refractivity (Wildman–Crippen MR) is 147 cm³/mol. The van der Waals surface area contributed by atoms with E-state index in [1.807, 2.05) is 18.2 Å². The van der Waals surface area contributed by atoms with E-state index in [-0.39, 0.29) is 24.6 Å². The van der Waals surface area contributed by atoms with E-state index in [2.05, 4.69) is 6.58 Å². The number of hydrogen-bond donors (Lipinski definition) is 2. The van der Waals surface area contributed by atoms with Gasteiger partial charge in [-0.25, -0.2) is 4.79 Å². The van der Waals surface area contributed by atoms with Gasteiger partial charge in [0.25, 0.3) is 0 Å². The van der Waals surface area contributed by atoms with Crippen molar-refractivity contribution >= 4 is 29.4 Å². The summed E-state index contributed by atoms with van der Waals surface area (Å²) in [6.07, 6.45) is 12.2. The quantitative estimate of drug-likeness (QED) is 0.0922. The van der Waals surface area contributed by atoms with Gasteiger partial charge in [-0.15, -0.1) is 6.58 Å². The van der Waals surface area contributed by atoms with Crippen LogP contribution in [0.5, 0.6) is 5.75 Å². The Hall–Kier alpha value is -3.58. The summed E-state index contributed by atoms with van der Waals surface area (Å²) in [4.78, 5) is 24.6. The number of carbonyl (C=O) groups is 2. The molecule has 1 fully saturated rings. The summed E-state index contributed by atoms with van der Waals surface area (Å²) in [7, 11) is 0. The van der Waals surface area contributed by atoms with Crippen LogP contribution in [0, 0.1) is 5.92 Å². The van der Waals surface area contributed by atoms with E-state index in [0.29, 0.717) is 23.5 Å². The van der Waals surface area contributed by atoms with Crippen molar-refractivity contribution in [3.63, 3.8) is 0 Å². The predicted octanol–water partition coefficient (Wildman–Crippen LogP) is 5.49. The molecule has 198 valence electrons. The number of unbranched alkanes of at least 4 members (excludes halogenated alkanes) is 2. The zero-order chi connectivity index (χ0) is 26.5. The van der Waals surface area contributed by atoms with E-state index in [0.717, 1.165) is 62.7 Å². The van der Waals surface area contributed by atoms with E-state index in [1.54, 1.807) is 36.4 Å². The highest BCUT2D eigenvalue weighted by Crippen LogP contribution is 2.28. The molecule has 7 heteroatoms. The topological polar surface area (TPSA) is 114 Å². The van der Waals surface area contributed by atoms with Crippen LogP contribution in [-0.4, -0.2) is 31.3 Å². The molecule has 0 aliphatic heterocycles. The third-order valence-corrected chi connectivity index (χ3v) is 6.35. The lowest BCUT2D eigenvalue weighted by molar-refractivity contribution is -0.141. The number of esters is 2. The average molecular weight is 507 g/mol. The fourth-order valence-electron chi connectivity index (χ4n) is 4.32. The first-order chi connectivity index (χ1) is 17.9. The van der Waals surface area contributed by atoms with Crippen LogP contribution in [-0.2, 0) is 25.5 Å². The molecule has 0 aromatic heterocycles. The molecule has 7 nitrogen and oxygen atoms in total. The maximum absolute atomic E-state index is 12.6. The fraction of sp³-hybridized carbons (Fsp3) is 0.400. The number of benzene rings is 2. The van der Waals surface area contributed by atoms with Crippen molar-refractivity contribution in [3.05, 3.63) is 72.3 Å². The molecule has 0 saturated heterocycles. The number of anilines is 2. The van der Waals surface area contributed by atoms with E-state index in [1.165, 1.54) is 6.08 Å². The van der Waals surface area contributed by atoms with Crippen LogP contribution in [0.15, 0.2) is 61.2 Å². The molecular weight excluding hydrogens is 468 g/mol. The molecule has 3 rings (SSSR count). The Bertz CT molecular complexity index is 1040. The van der Waals surface area contributed by atoms with Gasteiger partial charge in [-0.1, -0.05) is 18.2 Å². The molecule has 37 heavy (non-hydrogen) atoms. The molecule has 0 unspecified atom stereocenters. The summed E-state index contributed by atoms with van der Waals surface area (Å²) in [6.45, 7) is 4.73. The second-order valence-electron chi connectivity index (χ2n) is 9.38. The SMILES string of the molecule is C=CCCCCOC1CCC(C(=O)Oc2ccc(/C=C/C(=O)OCCc3cc(N)cc(N)c3)cc2)CC1. The number of rotatable bonds is 13. The maximum Gasteiger partial charge on any atom is 0.330 e. The van der Waals surface area contributed by atoms with Gasteiger partial charge in [-0.05, 0) is 92.5 Å². The molecule has 4 N–H and O–H groups in total. The van der Waals surface area contributed by atoms with Gasteiger partial charge in [0, 0.05) is 30.5 Å². The molecule has 0 radical (unpaired) electrons. The minimum absolute atomic E-state index is 0.0984. The summed E-state index contributed by atoms with van der Waals surface area (Å²) in [5, 5.41) is 0. The summed E-state index contributed by atoms with van der Waals surface area (Å²) in [5.74, 6) is -0.243. The lowest BCUT2D eigenvalue weighted by atomic mass is 9.87. The molecule has 0 spiro atoms. The van der Waals surface area contributed by atoms with Crippen molar-refractivity contribution in [2.75, 3.05) is 24.7 Å². The summed E-state index contributed by atoms with van der Waals surface area (Å²) >= 11 is 0. The molecule has 1 aliphatic carbocycles. The van der Waals surface area contributed by atoms with Crippen molar-refractivity contribution in [1.29, 1.82) is 0 Å². The number of carbonyl (C=O) groups excluding carboxylic acids is 2. The lowest BCUT2D eigenvalue weighted by Gasteiger charge is -2.27. The minimum Gasteiger partial charge on any atom is -0.462 e. The lowest BCUT2D eigenvalue weighted by Crippen LogP contribution is -2.29. The molecule has 1 aliphatic rings. The van der Waals surface area contributed by atoms with Crippen molar-refractivity contribution in [2.45, 2.75) is 57.5 Å². The third-order valence-electron chi connectivity index (χ3n) is 6.35. The first kappa shape index (κ1) is 28.0. The zero-order valence-corrected chi connectivity index (χ0v) is 21.4. The molecule has 2 aromatic carbocycles. The van der Waals surface area contributed by atoms with Crippen LogP contribution >= 0.6 is 0 Å². The Morgan fingerprint density at radius 3 is 2.32 bits per heavy atom. The summed E-state index contributed by atoms with van der Waals surface area (Å²) < 4.78 is 16.8. The van der Waals surface area contributed by atoms with Gasteiger partial charge >= 0.3 is 11.9 Å².